The molecule has 21 heavy (non-hydrogen) atoms. The Morgan fingerprint density at radius 2 is 1.86 bits per heavy atom. The second-order valence-corrected chi connectivity index (χ2v) is 4.88. The smallest absolute Gasteiger partial charge is 0.255 e. The molecule has 3 nitrogen and oxygen atoms in total. The largest absolute Gasteiger partial charge is 0.321 e. The molecule has 104 valence electrons. The molecule has 1 aromatic heterocycles. The molecule has 0 fully saturated rings. The minimum Gasteiger partial charge on any atom is -0.321 e. The van der Waals surface area contributed by atoms with Crippen LogP contribution < -0.4 is 5.32 Å². The maximum atomic E-state index is 12.3. The molecule has 2 aromatic carbocycles. The number of aromatic nitrogens is 1. The van der Waals surface area contributed by atoms with E-state index < -0.39 is 0 Å². The predicted molar refractivity (Wildman–Crippen MR) is 85.5 cm³/mol. The van der Waals surface area contributed by atoms with Crippen LogP contribution in [-0.4, -0.2) is 10.9 Å². The van der Waals surface area contributed by atoms with Gasteiger partial charge in [0, 0.05) is 17.1 Å². The molecule has 1 heterocycles. The number of anilines is 1. The standard InChI is InChI=1S/C18H16N2O/c1-2-13-8-10-14(11-9-13)18(21)20-17-7-3-6-16-15(17)5-4-12-19-16/h3-12H,2H2,1H3,(H,20,21). The quantitative estimate of drug-likeness (QED) is 0.784. The maximum absolute atomic E-state index is 12.3. The van der Waals surface area contributed by atoms with Crippen LogP contribution in [0, 0.1) is 0 Å². The molecule has 1 amide bonds. The summed E-state index contributed by atoms with van der Waals surface area (Å²) in [5.74, 6) is -0.103. The fourth-order valence-corrected chi connectivity index (χ4v) is 2.30. The first kappa shape index (κ1) is 13.3. The molecular formula is C18H16N2O. The van der Waals surface area contributed by atoms with Crippen molar-refractivity contribution in [2.24, 2.45) is 0 Å². The Hall–Kier alpha value is -2.68. The minimum atomic E-state index is -0.103. The van der Waals surface area contributed by atoms with Gasteiger partial charge in [0.25, 0.3) is 5.91 Å². The van der Waals surface area contributed by atoms with Crippen LogP contribution in [0.5, 0.6) is 0 Å². The normalized spacial score (nSPS) is 10.5. The Morgan fingerprint density at radius 3 is 2.62 bits per heavy atom. The van der Waals surface area contributed by atoms with Crippen LogP contribution in [0.25, 0.3) is 10.9 Å². The monoisotopic (exact) mass is 276 g/mol. The Morgan fingerprint density at radius 1 is 1.05 bits per heavy atom. The van der Waals surface area contributed by atoms with Gasteiger partial charge in [-0.3, -0.25) is 9.78 Å². The van der Waals surface area contributed by atoms with Crippen LogP contribution in [-0.2, 0) is 6.42 Å². The van der Waals surface area contributed by atoms with Gasteiger partial charge in [-0.1, -0.05) is 25.1 Å². The molecule has 0 saturated carbocycles. The Bertz CT molecular complexity index is 773. The highest BCUT2D eigenvalue weighted by atomic mass is 16.1. The second kappa shape index (κ2) is 5.75. The van der Waals surface area contributed by atoms with Crippen molar-refractivity contribution in [1.82, 2.24) is 4.98 Å². The minimum absolute atomic E-state index is 0.103. The van der Waals surface area contributed by atoms with Gasteiger partial charge in [0.1, 0.15) is 0 Å². The lowest BCUT2D eigenvalue weighted by Gasteiger charge is -2.08. The van der Waals surface area contributed by atoms with E-state index in [4.69, 9.17) is 0 Å². The number of carbonyl (C=O) groups is 1. The van der Waals surface area contributed by atoms with Crippen molar-refractivity contribution < 1.29 is 4.79 Å². The van der Waals surface area contributed by atoms with Gasteiger partial charge in [-0.05, 0) is 48.4 Å². The fraction of sp³-hybridized carbons (Fsp3) is 0.111. The third kappa shape index (κ3) is 2.77. The number of carbonyl (C=O) groups excluding carboxylic acids is 1. The van der Waals surface area contributed by atoms with Crippen molar-refractivity contribution in [3.05, 3.63) is 71.9 Å². The molecule has 0 unspecified atom stereocenters. The number of hydrogen-bond acceptors (Lipinski definition) is 2. The number of pyridine rings is 1. The molecule has 1 N–H and O–H groups in total. The Labute approximate surface area is 123 Å². The Balaban J connectivity index is 1.89. The van der Waals surface area contributed by atoms with Crippen molar-refractivity contribution in [3.63, 3.8) is 0 Å². The van der Waals surface area contributed by atoms with Crippen molar-refractivity contribution >= 4 is 22.5 Å². The van der Waals surface area contributed by atoms with E-state index >= 15 is 0 Å². The number of aryl methyl sites for hydroxylation is 1. The first-order valence-corrected chi connectivity index (χ1v) is 7.02. The lowest BCUT2D eigenvalue weighted by atomic mass is 10.1. The summed E-state index contributed by atoms with van der Waals surface area (Å²) >= 11 is 0. The van der Waals surface area contributed by atoms with Gasteiger partial charge in [-0.15, -0.1) is 0 Å². The number of nitrogens with zero attached hydrogens (tertiary/aromatic N) is 1. The summed E-state index contributed by atoms with van der Waals surface area (Å²) in [4.78, 5) is 16.6. The average molecular weight is 276 g/mol. The first-order valence-electron chi connectivity index (χ1n) is 7.02. The molecule has 0 aliphatic rings. The van der Waals surface area contributed by atoms with Gasteiger partial charge in [0.05, 0.1) is 11.2 Å². The number of hydrogen-bond donors (Lipinski definition) is 1. The molecule has 0 spiro atoms. The third-order valence-electron chi connectivity index (χ3n) is 3.52. The predicted octanol–water partition coefficient (Wildman–Crippen LogP) is 4.05. The fourth-order valence-electron chi connectivity index (χ4n) is 2.30. The summed E-state index contributed by atoms with van der Waals surface area (Å²) in [5, 5.41) is 3.90. The van der Waals surface area contributed by atoms with Gasteiger partial charge >= 0.3 is 0 Å². The van der Waals surface area contributed by atoms with Gasteiger partial charge in [-0.2, -0.15) is 0 Å². The maximum Gasteiger partial charge on any atom is 0.255 e. The van der Waals surface area contributed by atoms with E-state index in [1.54, 1.807) is 6.20 Å². The van der Waals surface area contributed by atoms with Crippen LogP contribution >= 0.6 is 0 Å². The zero-order valence-corrected chi connectivity index (χ0v) is 11.8. The molecule has 0 radical (unpaired) electrons. The molecule has 0 bridgehead atoms. The number of benzene rings is 2. The molecular weight excluding hydrogens is 260 g/mol. The topological polar surface area (TPSA) is 42.0 Å². The number of rotatable bonds is 3. The highest BCUT2D eigenvalue weighted by molar-refractivity contribution is 6.08. The molecule has 0 atom stereocenters. The van der Waals surface area contributed by atoms with E-state index in [9.17, 15) is 4.79 Å². The summed E-state index contributed by atoms with van der Waals surface area (Å²) in [5.41, 5.74) is 3.54. The molecule has 3 aromatic rings. The third-order valence-corrected chi connectivity index (χ3v) is 3.52. The zero-order valence-electron chi connectivity index (χ0n) is 11.8. The van der Waals surface area contributed by atoms with Crippen LogP contribution in [0.2, 0.25) is 0 Å². The summed E-state index contributed by atoms with van der Waals surface area (Å²) < 4.78 is 0. The Kier molecular flexibility index (Phi) is 3.65. The number of amides is 1. The average Bonchev–Trinajstić information content (AvgIpc) is 2.55. The van der Waals surface area contributed by atoms with Crippen LogP contribution in [0.3, 0.4) is 0 Å². The number of nitrogens with one attached hydrogen (secondary N) is 1. The van der Waals surface area contributed by atoms with Gasteiger partial charge in [0.15, 0.2) is 0 Å². The summed E-state index contributed by atoms with van der Waals surface area (Å²) in [6.07, 6.45) is 2.72. The molecule has 0 aliphatic heterocycles. The van der Waals surface area contributed by atoms with Crippen molar-refractivity contribution in [3.8, 4) is 0 Å². The van der Waals surface area contributed by atoms with E-state index in [1.165, 1.54) is 5.56 Å². The molecule has 3 rings (SSSR count). The van der Waals surface area contributed by atoms with Gasteiger partial charge in [0.2, 0.25) is 0 Å². The number of fused-ring (bicyclic) bond motifs is 1. The lowest BCUT2D eigenvalue weighted by Crippen LogP contribution is -2.12. The molecule has 0 aliphatic carbocycles. The van der Waals surface area contributed by atoms with E-state index in [0.717, 1.165) is 23.0 Å². The zero-order chi connectivity index (χ0) is 14.7. The van der Waals surface area contributed by atoms with E-state index in [0.29, 0.717) is 5.56 Å². The van der Waals surface area contributed by atoms with E-state index in [-0.39, 0.29) is 5.91 Å². The van der Waals surface area contributed by atoms with Crippen LogP contribution in [0.4, 0.5) is 5.69 Å². The SMILES string of the molecule is CCc1ccc(C(=O)Nc2cccc3ncccc23)cc1. The van der Waals surface area contributed by atoms with E-state index in [2.05, 4.69) is 17.2 Å². The lowest BCUT2D eigenvalue weighted by molar-refractivity contribution is 0.102. The highest BCUT2D eigenvalue weighted by Crippen LogP contribution is 2.22. The molecule has 0 saturated heterocycles. The summed E-state index contributed by atoms with van der Waals surface area (Å²) in [6, 6.07) is 17.2. The second-order valence-electron chi connectivity index (χ2n) is 4.88. The summed E-state index contributed by atoms with van der Waals surface area (Å²) in [6.45, 7) is 2.10. The first-order chi connectivity index (χ1) is 10.3. The molecule has 3 heteroatoms. The van der Waals surface area contributed by atoms with Crippen molar-refractivity contribution in [2.75, 3.05) is 5.32 Å². The van der Waals surface area contributed by atoms with Crippen LogP contribution in [0.1, 0.15) is 22.8 Å². The summed E-state index contributed by atoms with van der Waals surface area (Å²) in [7, 11) is 0. The van der Waals surface area contributed by atoms with Crippen molar-refractivity contribution in [2.45, 2.75) is 13.3 Å². The highest BCUT2D eigenvalue weighted by Gasteiger charge is 2.08. The van der Waals surface area contributed by atoms with Crippen molar-refractivity contribution in [1.29, 1.82) is 0 Å². The van der Waals surface area contributed by atoms with Gasteiger partial charge in [-0.25, -0.2) is 0 Å². The van der Waals surface area contributed by atoms with Gasteiger partial charge < -0.3 is 5.32 Å². The van der Waals surface area contributed by atoms with E-state index in [1.807, 2.05) is 54.6 Å². The van der Waals surface area contributed by atoms with Crippen LogP contribution in [0.15, 0.2) is 60.8 Å².